The average molecular weight is 482 g/mol. The molecule has 3 amide bonds. The molecule has 0 spiro atoms. The maximum absolute atomic E-state index is 12.7. The van der Waals surface area contributed by atoms with Gasteiger partial charge in [-0.15, -0.1) is 10.2 Å². The van der Waals surface area contributed by atoms with E-state index in [0.29, 0.717) is 24.0 Å². The molecule has 3 rings (SSSR count). The van der Waals surface area contributed by atoms with Crippen molar-refractivity contribution in [1.82, 2.24) is 20.8 Å². The summed E-state index contributed by atoms with van der Waals surface area (Å²) in [7, 11) is 1.37. The first kappa shape index (κ1) is 25.4. The van der Waals surface area contributed by atoms with Crippen LogP contribution in [0.4, 0.5) is 0 Å². The molecule has 1 heterocycles. The molecule has 0 saturated heterocycles. The molecule has 184 valence electrons. The summed E-state index contributed by atoms with van der Waals surface area (Å²) >= 11 is 0. The normalized spacial score (nSPS) is 12.3. The minimum atomic E-state index is -2.01. The molecular weight excluding hydrogens is 456 g/mol. The summed E-state index contributed by atoms with van der Waals surface area (Å²) in [4.78, 5) is 36.3. The van der Waals surface area contributed by atoms with Crippen LogP contribution in [0.1, 0.15) is 18.9 Å². The van der Waals surface area contributed by atoms with Gasteiger partial charge in [0, 0.05) is 25.6 Å². The SMILES string of the molecule is CCOCCC(Oc1ccc(Oc2ccc(-c3nnco3)c(C)c2)cc1)(C(=O)NC)C(=O)NC=O. The van der Waals surface area contributed by atoms with Crippen molar-refractivity contribution in [3.63, 3.8) is 0 Å². The first-order chi connectivity index (χ1) is 16.9. The van der Waals surface area contributed by atoms with Crippen molar-refractivity contribution in [2.75, 3.05) is 20.3 Å². The van der Waals surface area contributed by atoms with Crippen LogP contribution in [0.5, 0.6) is 17.2 Å². The molecule has 2 aromatic carbocycles. The summed E-state index contributed by atoms with van der Waals surface area (Å²) in [5, 5.41) is 12.0. The Morgan fingerprint density at radius 3 is 2.40 bits per heavy atom. The third kappa shape index (κ3) is 6.01. The van der Waals surface area contributed by atoms with Gasteiger partial charge in [-0.05, 0) is 61.9 Å². The van der Waals surface area contributed by atoms with Gasteiger partial charge in [0.1, 0.15) is 17.2 Å². The lowest BCUT2D eigenvalue weighted by atomic mass is 9.97. The third-order valence-corrected chi connectivity index (χ3v) is 5.09. The summed E-state index contributed by atoms with van der Waals surface area (Å²) in [5.41, 5.74) is -0.322. The van der Waals surface area contributed by atoms with Gasteiger partial charge in [0.05, 0.1) is 6.61 Å². The van der Waals surface area contributed by atoms with Crippen LogP contribution in [0.3, 0.4) is 0 Å². The zero-order valence-corrected chi connectivity index (χ0v) is 19.6. The van der Waals surface area contributed by atoms with Crippen LogP contribution >= 0.6 is 0 Å². The topological polar surface area (TPSA) is 142 Å². The Hall–Kier alpha value is -4.25. The Morgan fingerprint density at radius 1 is 1.09 bits per heavy atom. The molecule has 1 atom stereocenters. The van der Waals surface area contributed by atoms with Crippen molar-refractivity contribution in [3.8, 4) is 28.7 Å². The minimum Gasteiger partial charge on any atom is -0.467 e. The first-order valence-electron chi connectivity index (χ1n) is 10.8. The summed E-state index contributed by atoms with van der Waals surface area (Å²) in [6.45, 7) is 4.14. The second-order valence-electron chi connectivity index (χ2n) is 7.34. The molecule has 2 N–H and O–H groups in total. The summed E-state index contributed by atoms with van der Waals surface area (Å²) in [6, 6.07) is 11.8. The fraction of sp³-hybridized carbons (Fsp3) is 0.292. The fourth-order valence-corrected chi connectivity index (χ4v) is 3.35. The summed E-state index contributed by atoms with van der Waals surface area (Å²) in [6.07, 6.45) is 1.36. The van der Waals surface area contributed by atoms with Crippen LogP contribution in [0.25, 0.3) is 11.5 Å². The highest BCUT2D eigenvalue weighted by molar-refractivity contribution is 6.11. The number of carbonyl (C=O) groups is 3. The zero-order chi connectivity index (χ0) is 25.3. The van der Waals surface area contributed by atoms with E-state index in [1.807, 2.05) is 24.4 Å². The van der Waals surface area contributed by atoms with E-state index in [0.717, 1.165) is 11.1 Å². The smallest absolute Gasteiger partial charge is 0.280 e. The average Bonchev–Trinajstić information content (AvgIpc) is 3.39. The zero-order valence-electron chi connectivity index (χ0n) is 19.6. The molecule has 0 saturated carbocycles. The standard InChI is InChI=1S/C24H26N4O7/c1-4-32-12-11-24(22(30)25-3,23(31)26-14-29)35-18-7-5-17(6-8-18)34-19-9-10-20(16(2)13-19)21-28-27-15-33-21/h5-10,13-15H,4,11-12H2,1-3H3,(H,25,30)(H,26,29,31). The molecule has 1 unspecified atom stereocenters. The number of aryl methyl sites for hydroxylation is 1. The molecule has 0 fully saturated rings. The molecular formula is C24H26N4O7. The molecule has 3 aromatic rings. The molecule has 1 aromatic heterocycles. The van der Waals surface area contributed by atoms with Gasteiger partial charge >= 0.3 is 0 Å². The Balaban J connectivity index is 1.78. The number of imide groups is 1. The van der Waals surface area contributed by atoms with Crippen LogP contribution < -0.4 is 20.1 Å². The second kappa shape index (κ2) is 11.7. The van der Waals surface area contributed by atoms with Crippen molar-refractivity contribution in [1.29, 1.82) is 0 Å². The highest BCUT2D eigenvalue weighted by Crippen LogP contribution is 2.30. The van der Waals surface area contributed by atoms with Gasteiger partial charge in [0.15, 0.2) is 0 Å². The van der Waals surface area contributed by atoms with Crippen molar-refractivity contribution >= 4 is 18.2 Å². The number of hydrogen-bond acceptors (Lipinski definition) is 9. The Bertz CT molecular complexity index is 1150. The number of aromatic nitrogens is 2. The summed E-state index contributed by atoms with van der Waals surface area (Å²) in [5.74, 6) is 0.109. The van der Waals surface area contributed by atoms with Gasteiger partial charge in [-0.3, -0.25) is 19.7 Å². The monoisotopic (exact) mass is 482 g/mol. The van der Waals surface area contributed by atoms with Crippen molar-refractivity contribution in [2.45, 2.75) is 25.9 Å². The summed E-state index contributed by atoms with van der Waals surface area (Å²) < 4.78 is 22.3. The van der Waals surface area contributed by atoms with E-state index < -0.39 is 17.4 Å². The lowest BCUT2D eigenvalue weighted by molar-refractivity contribution is -0.152. The van der Waals surface area contributed by atoms with Gasteiger partial charge in [0.2, 0.25) is 18.7 Å². The molecule has 11 heteroatoms. The predicted molar refractivity (Wildman–Crippen MR) is 124 cm³/mol. The van der Waals surface area contributed by atoms with Crippen LogP contribution in [0.2, 0.25) is 0 Å². The largest absolute Gasteiger partial charge is 0.467 e. The van der Waals surface area contributed by atoms with E-state index in [4.69, 9.17) is 18.6 Å². The minimum absolute atomic E-state index is 0.0658. The van der Waals surface area contributed by atoms with Gasteiger partial charge in [-0.2, -0.15) is 0 Å². The predicted octanol–water partition coefficient (Wildman–Crippen LogP) is 2.40. The van der Waals surface area contributed by atoms with Crippen LogP contribution in [-0.4, -0.2) is 54.3 Å². The van der Waals surface area contributed by atoms with Crippen molar-refractivity contribution in [2.24, 2.45) is 0 Å². The van der Waals surface area contributed by atoms with Gasteiger partial charge in [-0.25, -0.2) is 0 Å². The number of nitrogens with zero attached hydrogens (tertiary/aromatic N) is 2. The van der Waals surface area contributed by atoms with Gasteiger partial charge < -0.3 is 23.9 Å². The third-order valence-electron chi connectivity index (χ3n) is 5.09. The van der Waals surface area contributed by atoms with E-state index in [9.17, 15) is 14.4 Å². The van der Waals surface area contributed by atoms with E-state index in [2.05, 4.69) is 15.5 Å². The van der Waals surface area contributed by atoms with Crippen LogP contribution in [-0.2, 0) is 19.1 Å². The van der Waals surface area contributed by atoms with Gasteiger partial charge in [-0.1, -0.05) is 0 Å². The number of hydrogen-bond donors (Lipinski definition) is 2. The first-order valence-corrected chi connectivity index (χ1v) is 10.8. The van der Waals surface area contributed by atoms with E-state index in [1.54, 1.807) is 37.3 Å². The van der Waals surface area contributed by atoms with Crippen molar-refractivity contribution in [3.05, 3.63) is 54.4 Å². The highest BCUT2D eigenvalue weighted by Gasteiger charge is 2.48. The molecule has 0 aliphatic rings. The lowest BCUT2D eigenvalue weighted by Crippen LogP contribution is -2.60. The number of amides is 3. The number of nitrogens with one attached hydrogen (secondary N) is 2. The van der Waals surface area contributed by atoms with Crippen LogP contribution in [0.15, 0.2) is 53.3 Å². The van der Waals surface area contributed by atoms with E-state index >= 15 is 0 Å². The maximum Gasteiger partial charge on any atom is 0.280 e. The van der Waals surface area contributed by atoms with E-state index in [1.165, 1.54) is 13.4 Å². The fourth-order valence-electron chi connectivity index (χ4n) is 3.35. The molecule has 11 nitrogen and oxygen atoms in total. The molecule has 0 aliphatic heterocycles. The Labute approximate surface area is 201 Å². The molecule has 35 heavy (non-hydrogen) atoms. The molecule has 0 radical (unpaired) electrons. The van der Waals surface area contributed by atoms with E-state index in [-0.39, 0.29) is 25.2 Å². The Kier molecular flexibility index (Phi) is 8.52. The van der Waals surface area contributed by atoms with Crippen molar-refractivity contribution < 1.29 is 33.0 Å². The number of benzene rings is 2. The lowest BCUT2D eigenvalue weighted by Gasteiger charge is -2.30. The van der Waals surface area contributed by atoms with Crippen LogP contribution in [0, 0.1) is 6.92 Å². The molecule has 0 aliphatic carbocycles. The second-order valence-corrected chi connectivity index (χ2v) is 7.34. The number of rotatable bonds is 12. The number of likely N-dealkylation sites (N-methyl/N-ethyl adjacent to an activating group) is 1. The number of carbonyl (C=O) groups excluding carboxylic acids is 3. The molecule has 0 bridgehead atoms. The quantitative estimate of drug-likeness (QED) is 0.226. The Morgan fingerprint density at radius 2 is 1.80 bits per heavy atom. The highest BCUT2D eigenvalue weighted by atomic mass is 16.5. The maximum atomic E-state index is 12.7. The number of ether oxygens (including phenoxy) is 3. The van der Waals surface area contributed by atoms with Gasteiger partial charge in [0.25, 0.3) is 17.4 Å².